The summed E-state index contributed by atoms with van der Waals surface area (Å²) in [5.74, 6) is -0.678. The molecule has 1 rings (SSSR count). The van der Waals surface area contributed by atoms with Gasteiger partial charge >= 0.3 is 0 Å². The summed E-state index contributed by atoms with van der Waals surface area (Å²) in [4.78, 5) is 11.8. The summed E-state index contributed by atoms with van der Waals surface area (Å²) in [6, 6.07) is 2.63. The minimum absolute atomic E-state index is 0.136. The van der Waals surface area contributed by atoms with Crippen LogP contribution in [0.4, 0.5) is 4.39 Å². The van der Waals surface area contributed by atoms with Gasteiger partial charge in [-0.1, -0.05) is 18.5 Å². The highest BCUT2D eigenvalue weighted by atomic mass is 35.5. The first-order valence-corrected chi connectivity index (χ1v) is 6.38. The average molecular weight is 273 g/mol. The van der Waals surface area contributed by atoms with E-state index >= 15 is 0 Å². The molecule has 2 N–H and O–H groups in total. The molecule has 0 aromatic heterocycles. The van der Waals surface area contributed by atoms with E-state index in [0.29, 0.717) is 24.2 Å². The highest BCUT2D eigenvalue weighted by Crippen LogP contribution is 2.20. The van der Waals surface area contributed by atoms with Crippen LogP contribution in [0.1, 0.15) is 29.3 Å². The van der Waals surface area contributed by atoms with Crippen molar-refractivity contribution in [2.24, 2.45) is 0 Å². The van der Waals surface area contributed by atoms with Crippen LogP contribution in [0.3, 0.4) is 0 Å². The number of aryl methyl sites for hydroxylation is 1. The van der Waals surface area contributed by atoms with E-state index in [2.05, 4.69) is 17.6 Å². The number of rotatable bonds is 6. The van der Waals surface area contributed by atoms with Crippen molar-refractivity contribution in [3.05, 3.63) is 34.1 Å². The Labute approximate surface area is 112 Å². The molecule has 0 saturated heterocycles. The lowest BCUT2D eigenvalue weighted by Crippen LogP contribution is -2.32. The summed E-state index contributed by atoms with van der Waals surface area (Å²) in [7, 11) is 0. The number of amides is 1. The van der Waals surface area contributed by atoms with Crippen LogP contribution in [0.5, 0.6) is 0 Å². The Kier molecular flexibility index (Phi) is 6.09. The first-order chi connectivity index (χ1) is 8.56. The van der Waals surface area contributed by atoms with Gasteiger partial charge in [-0.15, -0.1) is 0 Å². The average Bonchev–Trinajstić information content (AvgIpc) is 2.33. The van der Waals surface area contributed by atoms with Gasteiger partial charge in [0.05, 0.1) is 10.6 Å². The van der Waals surface area contributed by atoms with Gasteiger partial charge in [-0.05, 0) is 37.6 Å². The molecule has 0 atom stereocenters. The summed E-state index contributed by atoms with van der Waals surface area (Å²) < 4.78 is 13.2. The largest absolute Gasteiger partial charge is 0.351 e. The van der Waals surface area contributed by atoms with Crippen molar-refractivity contribution in [2.45, 2.75) is 20.3 Å². The standard InChI is InChI=1S/C13H18ClFN2O/c1-3-4-16-5-6-17-13(18)10-7-9(2)12(15)8-11(10)14/h7-8,16H,3-6H2,1-2H3,(H,17,18). The van der Waals surface area contributed by atoms with Crippen molar-refractivity contribution in [3.8, 4) is 0 Å². The molecular formula is C13H18ClFN2O. The lowest BCUT2D eigenvalue weighted by atomic mass is 10.1. The predicted octanol–water partition coefficient (Wildman–Crippen LogP) is 2.52. The van der Waals surface area contributed by atoms with E-state index < -0.39 is 5.82 Å². The highest BCUT2D eigenvalue weighted by molar-refractivity contribution is 6.33. The van der Waals surface area contributed by atoms with Gasteiger partial charge in [0.15, 0.2) is 0 Å². The van der Waals surface area contributed by atoms with E-state index in [1.807, 2.05) is 0 Å². The Bertz CT molecular complexity index is 424. The molecule has 0 fully saturated rings. The fourth-order valence-corrected chi connectivity index (χ4v) is 1.73. The SMILES string of the molecule is CCCNCCNC(=O)c1cc(C)c(F)cc1Cl. The first-order valence-electron chi connectivity index (χ1n) is 6.00. The number of carbonyl (C=O) groups is 1. The van der Waals surface area contributed by atoms with Crippen molar-refractivity contribution in [1.82, 2.24) is 10.6 Å². The molecule has 0 unspecified atom stereocenters. The number of nitrogens with one attached hydrogen (secondary N) is 2. The maximum Gasteiger partial charge on any atom is 0.252 e. The van der Waals surface area contributed by atoms with Crippen LogP contribution in [0.2, 0.25) is 5.02 Å². The molecule has 0 heterocycles. The third kappa shape index (κ3) is 4.27. The molecular weight excluding hydrogens is 255 g/mol. The van der Waals surface area contributed by atoms with Gasteiger partial charge in [0.25, 0.3) is 5.91 Å². The predicted molar refractivity (Wildman–Crippen MR) is 71.6 cm³/mol. The second-order valence-corrected chi connectivity index (χ2v) is 4.49. The van der Waals surface area contributed by atoms with Gasteiger partial charge in [-0.3, -0.25) is 4.79 Å². The smallest absolute Gasteiger partial charge is 0.252 e. The molecule has 0 spiro atoms. The maximum atomic E-state index is 13.2. The number of hydrogen-bond acceptors (Lipinski definition) is 2. The molecule has 100 valence electrons. The van der Waals surface area contributed by atoms with Crippen LogP contribution in [0.25, 0.3) is 0 Å². The molecule has 3 nitrogen and oxygen atoms in total. The molecule has 0 radical (unpaired) electrons. The molecule has 5 heteroatoms. The zero-order valence-corrected chi connectivity index (χ0v) is 11.4. The summed E-state index contributed by atoms with van der Waals surface area (Å²) >= 11 is 5.84. The summed E-state index contributed by atoms with van der Waals surface area (Å²) in [6.45, 7) is 5.83. The minimum Gasteiger partial charge on any atom is -0.351 e. The van der Waals surface area contributed by atoms with Crippen LogP contribution in [0, 0.1) is 12.7 Å². The topological polar surface area (TPSA) is 41.1 Å². The number of halogens is 2. The lowest BCUT2D eigenvalue weighted by Gasteiger charge is -2.08. The zero-order chi connectivity index (χ0) is 13.5. The molecule has 0 aliphatic heterocycles. The third-order valence-corrected chi connectivity index (χ3v) is 2.82. The van der Waals surface area contributed by atoms with Gasteiger partial charge in [0.1, 0.15) is 5.82 Å². The Morgan fingerprint density at radius 2 is 2.06 bits per heavy atom. The fraction of sp³-hybridized carbons (Fsp3) is 0.462. The summed E-state index contributed by atoms with van der Waals surface area (Å²) in [6.07, 6.45) is 1.05. The fourth-order valence-electron chi connectivity index (χ4n) is 1.49. The number of carbonyl (C=O) groups excluding carboxylic acids is 1. The van der Waals surface area contributed by atoms with Crippen molar-refractivity contribution < 1.29 is 9.18 Å². The van der Waals surface area contributed by atoms with Crippen molar-refractivity contribution in [3.63, 3.8) is 0 Å². The second-order valence-electron chi connectivity index (χ2n) is 4.09. The maximum absolute atomic E-state index is 13.2. The quantitative estimate of drug-likeness (QED) is 0.782. The van der Waals surface area contributed by atoms with Gasteiger partial charge in [-0.25, -0.2) is 4.39 Å². The molecule has 18 heavy (non-hydrogen) atoms. The first kappa shape index (κ1) is 14.9. The minimum atomic E-state index is -0.402. The van der Waals surface area contributed by atoms with Crippen molar-refractivity contribution >= 4 is 17.5 Å². The van der Waals surface area contributed by atoms with Crippen LogP contribution in [-0.2, 0) is 0 Å². The van der Waals surface area contributed by atoms with Gasteiger partial charge in [-0.2, -0.15) is 0 Å². The molecule has 0 bridgehead atoms. The van der Waals surface area contributed by atoms with Crippen LogP contribution >= 0.6 is 11.6 Å². The van der Waals surface area contributed by atoms with Gasteiger partial charge in [0.2, 0.25) is 0 Å². The van der Waals surface area contributed by atoms with E-state index in [4.69, 9.17) is 11.6 Å². The highest BCUT2D eigenvalue weighted by Gasteiger charge is 2.12. The lowest BCUT2D eigenvalue weighted by molar-refractivity contribution is 0.0954. The van der Waals surface area contributed by atoms with Crippen molar-refractivity contribution in [1.29, 1.82) is 0 Å². The van der Waals surface area contributed by atoms with E-state index in [1.54, 1.807) is 6.92 Å². The van der Waals surface area contributed by atoms with E-state index in [9.17, 15) is 9.18 Å². The summed E-state index contributed by atoms with van der Waals surface area (Å²) in [5.41, 5.74) is 0.722. The Morgan fingerprint density at radius 3 is 2.72 bits per heavy atom. The molecule has 0 saturated carbocycles. The molecule has 0 aliphatic rings. The Morgan fingerprint density at radius 1 is 1.33 bits per heavy atom. The molecule has 1 aromatic carbocycles. The summed E-state index contributed by atoms with van der Waals surface area (Å²) in [5, 5.41) is 6.04. The van der Waals surface area contributed by atoms with Crippen LogP contribution in [0.15, 0.2) is 12.1 Å². The monoisotopic (exact) mass is 272 g/mol. The van der Waals surface area contributed by atoms with E-state index in [1.165, 1.54) is 12.1 Å². The third-order valence-electron chi connectivity index (χ3n) is 2.51. The molecule has 1 aromatic rings. The second kappa shape index (κ2) is 7.34. The molecule has 1 amide bonds. The van der Waals surface area contributed by atoms with E-state index in [-0.39, 0.29) is 10.9 Å². The molecule has 0 aliphatic carbocycles. The number of hydrogen-bond donors (Lipinski definition) is 2. The zero-order valence-electron chi connectivity index (χ0n) is 10.6. The van der Waals surface area contributed by atoms with Crippen LogP contribution < -0.4 is 10.6 Å². The van der Waals surface area contributed by atoms with Gasteiger partial charge in [0, 0.05) is 13.1 Å². The normalized spacial score (nSPS) is 10.4. The Hall–Kier alpha value is -1.13. The van der Waals surface area contributed by atoms with E-state index in [0.717, 1.165) is 13.0 Å². The Balaban J connectivity index is 2.54. The van der Waals surface area contributed by atoms with Gasteiger partial charge < -0.3 is 10.6 Å². The van der Waals surface area contributed by atoms with Crippen LogP contribution in [-0.4, -0.2) is 25.5 Å². The number of benzene rings is 1. The van der Waals surface area contributed by atoms with Crippen molar-refractivity contribution in [2.75, 3.05) is 19.6 Å².